The molecule has 1 unspecified atom stereocenters. The highest BCUT2D eigenvalue weighted by Gasteiger charge is 2.18. The molecule has 2 rings (SSSR count). The fraction of sp³-hybridized carbons (Fsp3) is 0.385. The maximum atomic E-state index is 10.8. The van der Waals surface area contributed by atoms with Crippen molar-refractivity contribution in [2.45, 2.75) is 25.8 Å². The Bertz CT molecular complexity index is 643. The van der Waals surface area contributed by atoms with E-state index in [9.17, 15) is 10.1 Å². The van der Waals surface area contributed by atoms with E-state index in [1.165, 1.54) is 18.5 Å². The van der Waals surface area contributed by atoms with Crippen LogP contribution in [0.25, 0.3) is 10.9 Å². The van der Waals surface area contributed by atoms with Gasteiger partial charge in [-0.2, -0.15) is 0 Å². The maximum Gasteiger partial charge on any atom is 0.270 e. The molecule has 0 spiro atoms. The lowest BCUT2D eigenvalue weighted by molar-refractivity contribution is -0.384. The molecule has 0 saturated carbocycles. The van der Waals surface area contributed by atoms with E-state index >= 15 is 0 Å². The third kappa shape index (κ3) is 3.00. The van der Waals surface area contributed by atoms with Gasteiger partial charge in [0.15, 0.2) is 0 Å². The third-order valence-electron chi connectivity index (χ3n) is 3.14. The van der Waals surface area contributed by atoms with Gasteiger partial charge >= 0.3 is 0 Å². The van der Waals surface area contributed by atoms with Crippen LogP contribution < -0.4 is 10.5 Å². The van der Waals surface area contributed by atoms with E-state index in [0.29, 0.717) is 16.8 Å². The van der Waals surface area contributed by atoms with Crippen LogP contribution in [0.4, 0.5) is 5.69 Å². The van der Waals surface area contributed by atoms with Crippen LogP contribution in [0, 0.1) is 10.1 Å². The summed E-state index contributed by atoms with van der Waals surface area (Å²) in [6.45, 7) is 4.11. The SMILES string of the molecule is CCC(C)(N)COc1ncnc2ccc([N+](=O)[O-])cc12. The largest absolute Gasteiger partial charge is 0.475 e. The van der Waals surface area contributed by atoms with Gasteiger partial charge < -0.3 is 10.5 Å². The van der Waals surface area contributed by atoms with Gasteiger partial charge in [-0.1, -0.05) is 6.92 Å². The Balaban J connectivity index is 2.37. The van der Waals surface area contributed by atoms with E-state index in [1.54, 1.807) is 6.07 Å². The first-order chi connectivity index (χ1) is 9.43. The maximum absolute atomic E-state index is 10.8. The summed E-state index contributed by atoms with van der Waals surface area (Å²) in [4.78, 5) is 18.5. The first kappa shape index (κ1) is 14.1. The van der Waals surface area contributed by atoms with Gasteiger partial charge in [-0.05, 0) is 19.4 Å². The Hall–Kier alpha value is -2.28. The molecule has 1 aromatic carbocycles. The number of non-ortho nitro benzene ring substituents is 1. The molecule has 0 fully saturated rings. The first-order valence-corrected chi connectivity index (χ1v) is 6.24. The second kappa shape index (κ2) is 5.38. The number of hydrogen-bond donors (Lipinski definition) is 1. The van der Waals surface area contributed by atoms with E-state index in [1.807, 2.05) is 13.8 Å². The van der Waals surface area contributed by atoms with Crippen molar-refractivity contribution >= 4 is 16.6 Å². The lowest BCUT2D eigenvalue weighted by atomic mass is 10.0. The van der Waals surface area contributed by atoms with Crippen LogP contribution in [0.2, 0.25) is 0 Å². The van der Waals surface area contributed by atoms with Crippen molar-refractivity contribution in [2.24, 2.45) is 5.73 Å². The molecular formula is C13H16N4O3. The van der Waals surface area contributed by atoms with E-state index in [2.05, 4.69) is 9.97 Å². The Labute approximate surface area is 115 Å². The zero-order valence-corrected chi connectivity index (χ0v) is 11.4. The van der Waals surface area contributed by atoms with Crippen molar-refractivity contribution in [3.05, 3.63) is 34.6 Å². The summed E-state index contributed by atoms with van der Waals surface area (Å²) >= 11 is 0. The number of aromatic nitrogens is 2. The molecule has 0 aliphatic heterocycles. The molecule has 0 bridgehead atoms. The molecule has 1 atom stereocenters. The number of rotatable bonds is 5. The number of nitrogens with two attached hydrogens (primary N) is 1. The van der Waals surface area contributed by atoms with Crippen LogP contribution in [-0.4, -0.2) is 27.0 Å². The highest BCUT2D eigenvalue weighted by Crippen LogP contribution is 2.26. The molecule has 106 valence electrons. The molecule has 7 heteroatoms. The van der Waals surface area contributed by atoms with Crippen molar-refractivity contribution in [3.8, 4) is 5.88 Å². The normalized spacial score (nSPS) is 13.9. The Kier molecular flexibility index (Phi) is 3.80. The molecule has 1 aromatic heterocycles. The van der Waals surface area contributed by atoms with Gasteiger partial charge in [-0.15, -0.1) is 0 Å². The number of nitro benzene ring substituents is 1. The molecule has 2 aromatic rings. The summed E-state index contributed by atoms with van der Waals surface area (Å²) in [7, 11) is 0. The number of nitrogens with zero attached hydrogens (tertiary/aromatic N) is 3. The topological polar surface area (TPSA) is 104 Å². The number of nitro groups is 1. The summed E-state index contributed by atoms with van der Waals surface area (Å²) in [5.74, 6) is 0.309. The second-order valence-electron chi connectivity index (χ2n) is 4.93. The Morgan fingerprint density at radius 2 is 2.20 bits per heavy atom. The first-order valence-electron chi connectivity index (χ1n) is 6.24. The lowest BCUT2D eigenvalue weighted by Crippen LogP contribution is -2.41. The Morgan fingerprint density at radius 1 is 1.45 bits per heavy atom. The summed E-state index contributed by atoms with van der Waals surface area (Å²) in [6, 6.07) is 4.38. The van der Waals surface area contributed by atoms with Gasteiger partial charge in [-0.25, -0.2) is 9.97 Å². The molecule has 1 heterocycles. The summed E-state index contributed by atoms with van der Waals surface area (Å²) in [5, 5.41) is 11.3. The van der Waals surface area contributed by atoms with Crippen molar-refractivity contribution in [1.29, 1.82) is 0 Å². The van der Waals surface area contributed by atoms with Crippen molar-refractivity contribution in [3.63, 3.8) is 0 Å². The molecule has 2 N–H and O–H groups in total. The number of hydrogen-bond acceptors (Lipinski definition) is 6. The van der Waals surface area contributed by atoms with Crippen LogP contribution in [-0.2, 0) is 0 Å². The Morgan fingerprint density at radius 3 is 2.85 bits per heavy atom. The second-order valence-corrected chi connectivity index (χ2v) is 4.93. The molecule has 0 aliphatic rings. The van der Waals surface area contributed by atoms with Crippen LogP contribution in [0.5, 0.6) is 5.88 Å². The average molecular weight is 276 g/mol. The number of ether oxygens (including phenoxy) is 1. The van der Waals surface area contributed by atoms with Crippen LogP contribution in [0.1, 0.15) is 20.3 Å². The van der Waals surface area contributed by atoms with Gasteiger partial charge in [0.2, 0.25) is 5.88 Å². The molecule has 0 radical (unpaired) electrons. The number of fused-ring (bicyclic) bond motifs is 1. The van der Waals surface area contributed by atoms with E-state index in [0.717, 1.165) is 6.42 Å². The van der Waals surface area contributed by atoms with Gasteiger partial charge in [0, 0.05) is 17.7 Å². The molecular weight excluding hydrogens is 260 g/mol. The minimum atomic E-state index is -0.474. The van der Waals surface area contributed by atoms with Crippen LogP contribution in [0.15, 0.2) is 24.5 Å². The highest BCUT2D eigenvalue weighted by molar-refractivity contribution is 5.85. The minimum absolute atomic E-state index is 0.0249. The zero-order valence-electron chi connectivity index (χ0n) is 11.4. The highest BCUT2D eigenvalue weighted by atomic mass is 16.6. The zero-order chi connectivity index (χ0) is 14.8. The predicted octanol–water partition coefficient (Wildman–Crippen LogP) is 2.04. The van der Waals surface area contributed by atoms with Gasteiger partial charge in [0.05, 0.1) is 15.8 Å². The van der Waals surface area contributed by atoms with Gasteiger partial charge in [-0.3, -0.25) is 10.1 Å². The minimum Gasteiger partial charge on any atom is -0.475 e. The molecule has 0 amide bonds. The summed E-state index contributed by atoms with van der Waals surface area (Å²) in [5.41, 5.74) is 6.10. The fourth-order valence-corrected chi connectivity index (χ4v) is 1.58. The van der Waals surface area contributed by atoms with Crippen LogP contribution >= 0.6 is 0 Å². The lowest BCUT2D eigenvalue weighted by Gasteiger charge is -2.22. The van der Waals surface area contributed by atoms with Crippen LogP contribution in [0.3, 0.4) is 0 Å². The molecule has 0 aliphatic carbocycles. The van der Waals surface area contributed by atoms with E-state index < -0.39 is 10.5 Å². The predicted molar refractivity (Wildman–Crippen MR) is 74.6 cm³/mol. The average Bonchev–Trinajstić information content (AvgIpc) is 2.44. The standard InChI is InChI=1S/C13H16N4O3/c1-3-13(2,14)7-20-12-10-6-9(17(18)19)4-5-11(10)15-8-16-12/h4-6,8H,3,7,14H2,1-2H3. The van der Waals surface area contributed by atoms with Gasteiger partial charge in [0.1, 0.15) is 12.9 Å². The van der Waals surface area contributed by atoms with Crippen molar-refractivity contribution in [1.82, 2.24) is 9.97 Å². The van der Waals surface area contributed by atoms with Gasteiger partial charge in [0.25, 0.3) is 5.69 Å². The van der Waals surface area contributed by atoms with Crippen molar-refractivity contribution in [2.75, 3.05) is 6.61 Å². The van der Waals surface area contributed by atoms with Crippen molar-refractivity contribution < 1.29 is 9.66 Å². The molecule has 0 saturated heterocycles. The smallest absolute Gasteiger partial charge is 0.270 e. The number of benzene rings is 1. The fourth-order valence-electron chi connectivity index (χ4n) is 1.58. The molecule has 7 nitrogen and oxygen atoms in total. The summed E-state index contributed by atoms with van der Waals surface area (Å²) < 4.78 is 5.61. The monoisotopic (exact) mass is 276 g/mol. The third-order valence-corrected chi connectivity index (χ3v) is 3.14. The quantitative estimate of drug-likeness (QED) is 0.662. The van der Waals surface area contributed by atoms with E-state index in [4.69, 9.17) is 10.5 Å². The van der Waals surface area contributed by atoms with E-state index in [-0.39, 0.29) is 12.3 Å². The summed E-state index contributed by atoms with van der Waals surface area (Å²) in [6.07, 6.45) is 2.11. The molecule has 20 heavy (non-hydrogen) atoms.